The van der Waals surface area contributed by atoms with Crippen molar-refractivity contribution in [2.75, 3.05) is 6.26 Å². The van der Waals surface area contributed by atoms with E-state index in [9.17, 15) is 13.2 Å². The third-order valence-electron chi connectivity index (χ3n) is 3.58. The Bertz CT molecular complexity index is 393. The molecule has 1 aliphatic rings. The number of benzene rings is 1. The highest BCUT2D eigenvalue weighted by Crippen LogP contribution is 2.36. The maximum atomic E-state index is 13.2. The number of nitrogens with one attached hydrogen (secondary N) is 1. The molecule has 1 aliphatic carbocycles. The summed E-state index contributed by atoms with van der Waals surface area (Å²) >= 11 is 1.75. The zero-order valence-corrected chi connectivity index (χ0v) is 11.6. The molecule has 1 N–H and O–H groups in total. The van der Waals surface area contributed by atoms with Crippen molar-refractivity contribution < 1.29 is 13.2 Å². The summed E-state index contributed by atoms with van der Waals surface area (Å²) in [7, 11) is 0. The lowest BCUT2D eigenvalue weighted by molar-refractivity contribution is -0.159. The monoisotopic (exact) mass is 289 g/mol. The third kappa shape index (κ3) is 3.89. The SMILES string of the molecule is CSC1CCC(NC(c2ccccc2)C(F)(F)F)C1. The van der Waals surface area contributed by atoms with Crippen LogP contribution in [0, 0.1) is 0 Å². The number of alkyl halides is 3. The molecule has 0 saturated heterocycles. The highest BCUT2D eigenvalue weighted by Gasteiger charge is 2.42. The molecule has 0 amide bonds. The number of thioether (sulfide) groups is 1. The molecule has 1 saturated carbocycles. The molecule has 3 atom stereocenters. The molecule has 1 aromatic rings. The Morgan fingerprint density at radius 3 is 2.42 bits per heavy atom. The van der Waals surface area contributed by atoms with Gasteiger partial charge in [-0.1, -0.05) is 30.3 Å². The smallest absolute Gasteiger partial charge is 0.300 e. The van der Waals surface area contributed by atoms with Gasteiger partial charge in [0.25, 0.3) is 0 Å². The summed E-state index contributed by atoms with van der Waals surface area (Å²) in [5.41, 5.74) is 0.294. The van der Waals surface area contributed by atoms with Crippen molar-refractivity contribution in [3.63, 3.8) is 0 Å². The summed E-state index contributed by atoms with van der Waals surface area (Å²) in [6.45, 7) is 0. The van der Waals surface area contributed by atoms with Gasteiger partial charge >= 0.3 is 6.18 Å². The lowest BCUT2D eigenvalue weighted by Gasteiger charge is -2.25. The van der Waals surface area contributed by atoms with Crippen LogP contribution in [0.25, 0.3) is 0 Å². The number of hydrogen-bond acceptors (Lipinski definition) is 2. The first-order chi connectivity index (χ1) is 9.00. The van der Waals surface area contributed by atoms with E-state index in [1.165, 1.54) is 12.1 Å². The van der Waals surface area contributed by atoms with Gasteiger partial charge in [0.2, 0.25) is 0 Å². The zero-order valence-electron chi connectivity index (χ0n) is 10.8. The predicted octanol–water partition coefficient (Wildman–Crippen LogP) is 4.16. The molecule has 0 heterocycles. The van der Waals surface area contributed by atoms with Crippen LogP contribution in [0.1, 0.15) is 30.9 Å². The summed E-state index contributed by atoms with van der Waals surface area (Å²) in [6, 6.07) is 6.50. The predicted molar refractivity (Wildman–Crippen MR) is 73.3 cm³/mol. The van der Waals surface area contributed by atoms with Gasteiger partial charge in [0.05, 0.1) is 0 Å². The van der Waals surface area contributed by atoms with E-state index in [0.29, 0.717) is 10.8 Å². The van der Waals surface area contributed by atoms with Gasteiger partial charge in [0, 0.05) is 11.3 Å². The van der Waals surface area contributed by atoms with E-state index in [1.54, 1.807) is 30.0 Å². The van der Waals surface area contributed by atoms with E-state index in [1.807, 2.05) is 6.26 Å². The lowest BCUT2D eigenvalue weighted by Crippen LogP contribution is -2.39. The number of halogens is 3. The maximum Gasteiger partial charge on any atom is 0.407 e. The standard InChI is InChI=1S/C14H18F3NS/c1-19-12-8-7-11(9-12)18-13(14(15,16)17)10-5-3-2-4-6-10/h2-6,11-13,18H,7-9H2,1H3. The molecule has 3 unspecified atom stereocenters. The average molecular weight is 289 g/mol. The van der Waals surface area contributed by atoms with Gasteiger partial charge in [-0.15, -0.1) is 0 Å². The van der Waals surface area contributed by atoms with Gasteiger partial charge in [-0.05, 0) is 31.1 Å². The van der Waals surface area contributed by atoms with Crippen molar-refractivity contribution in [2.24, 2.45) is 0 Å². The second-order valence-corrected chi connectivity index (χ2v) is 6.06. The highest BCUT2D eigenvalue weighted by molar-refractivity contribution is 7.99. The summed E-state index contributed by atoms with van der Waals surface area (Å²) in [6.07, 6.45) is 0.411. The summed E-state index contributed by atoms with van der Waals surface area (Å²) in [5, 5.41) is 3.29. The topological polar surface area (TPSA) is 12.0 Å². The first-order valence-electron chi connectivity index (χ1n) is 6.41. The van der Waals surface area contributed by atoms with E-state index in [2.05, 4.69) is 5.32 Å². The number of hydrogen-bond donors (Lipinski definition) is 1. The molecule has 2 rings (SSSR count). The minimum Gasteiger partial charge on any atom is -0.300 e. The molecule has 19 heavy (non-hydrogen) atoms. The fraction of sp³-hybridized carbons (Fsp3) is 0.571. The minimum atomic E-state index is -4.25. The fourth-order valence-electron chi connectivity index (χ4n) is 2.57. The summed E-state index contributed by atoms with van der Waals surface area (Å²) in [4.78, 5) is 0. The molecule has 0 aliphatic heterocycles. The Balaban J connectivity index is 2.08. The van der Waals surface area contributed by atoms with Crippen LogP contribution in [-0.4, -0.2) is 23.7 Å². The van der Waals surface area contributed by atoms with E-state index in [-0.39, 0.29) is 6.04 Å². The molecule has 1 aromatic carbocycles. The van der Waals surface area contributed by atoms with Crippen molar-refractivity contribution >= 4 is 11.8 Å². The largest absolute Gasteiger partial charge is 0.407 e. The van der Waals surface area contributed by atoms with Crippen molar-refractivity contribution in [1.29, 1.82) is 0 Å². The van der Waals surface area contributed by atoms with E-state index in [4.69, 9.17) is 0 Å². The van der Waals surface area contributed by atoms with E-state index in [0.717, 1.165) is 19.3 Å². The van der Waals surface area contributed by atoms with Crippen LogP contribution in [0.3, 0.4) is 0 Å². The van der Waals surface area contributed by atoms with Crippen molar-refractivity contribution in [1.82, 2.24) is 5.32 Å². The Morgan fingerprint density at radius 2 is 1.89 bits per heavy atom. The van der Waals surface area contributed by atoms with Gasteiger partial charge in [-0.3, -0.25) is 5.32 Å². The van der Waals surface area contributed by atoms with Crippen LogP contribution >= 0.6 is 11.8 Å². The molecular weight excluding hydrogens is 271 g/mol. The van der Waals surface area contributed by atoms with E-state index < -0.39 is 12.2 Å². The molecule has 0 radical (unpaired) electrons. The molecule has 5 heteroatoms. The quantitative estimate of drug-likeness (QED) is 0.893. The first kappa shape index (κ1) is 14.7. The summed E-state index contributed by atoms with van der Waals surface area (Å²) < 4.78 is 39.5. The highest BCUT2D eigenvalue weighted by atomic mass is 32.2. The minimum absolute atomic E-state index is 0.0377. The Hall–Kier alpha value is -0.680. The molecule has 1 fully saturated rings. The average Bonchev–Trinajstić information content (AvgIpc) is 2.83. The van der Waals surface area contributed by atoms with Gasteiger partial charge in [-0.2, -0.15) is 24.9 Å². The van der Waals surface area contributed by atoms with Crippen LogP contribution < -0.4 is 5.32 Å². The van der Waals surface area contributed by atoms with Gasteiger partial charge in [0.15, 0.2) is 0 Å². The zero-order chi connectivity index (χ0) is 13.9. The third-order valence-corrected chi connectivity index (χ3v) is 4.68. The fourth-order valence-corrected chi connectivity index (χ4v) is 3.36. The van der Waals surface area contributed by atoms with Crippen LogP contribution in [-0.2, 0) is 0 Å². The second-order valence-electron chi connectivity index (χ2n) is 4.92. The van der Waals surface area contributed by atoms with Crippen LogP contribution in [0.2, 0.25) is 0 Å². The van der Waals surface area contributed by atoms with Crippen LogP contribution in [0.15, 0.2) is 30.3 Å². The Morgan fingerprint density at radius 1 is 1.21 bits per heavy atom. The Kier molecular flexibility index (Phi) is 4.79. The van der Waals surface area contributed by atoms with Crippen molar-refractivity contribution in [3.8, 4) is 0 Å². The number of rotatable bonds is 4. The van der Waals surface area contributed by atoms with E-state index >= 15 is 0 Å². The maximum absolute atomic E-state index is 13.2. The van der Waals surface area contributed by atoms with Crippen LogP contribution in [0.4, 0.5) is 13.2 Å². The normalized spacial score (nSPS) is 25.5. The Labute approximate surface area is 116 Å². The van der Waals surface area contributed by atoms with Crippen molar-refractivity contribution in [2.45, 2.75) is 42.8 Å². The molecule has 1 nitrogen and oxygen atoms in total. The van der Waals surface area contributed by atoms with Crippen LogP contribution in [0.5, 0.6) is 0 Å². The molecule has 106 valence electrons. The lowest BCUT2D eigenvalue weighted by atomic mass is 10.0. The molecule has 0 aromatic heterocycles. The molecular formula is C14H18F3NS. The molecule has 0 bridgehead atoms. The van der Waals surface area contributed by atoms with Gasteiger partial charge in [0.1, 0.15) is 6.04 Å². The molecule has 0 spiro atoms. The first-order valence-corrected chi connectivity index (χ1v) is 7.70. The van der Waals surface area contributed by atoms with Crippen molar-refractivity contribution in [3.05, 3.63) is 35.9 Å². The second kappa shape index (κ2) is 6.18. The van der Waals surface area contributed by atoms with Gasteiger partial charge in [-0.25, -0.2) is 0 Å². The van der Waals surface area contributed by atoms with Gasteiger partial charge < -0.3 is 0 Å². The summed E-state index contributed by atoms with van der Waals surface area (Å²) in [5.74, 6) is 0.